The van der Waals surface area contributed by atoms with Gasteiger partial charge in [0.1, 0.15) is 11.6 Å². The Morgan fingerprint density at radius 2 is 1.84 bits per heavy atom. The minimum Gasteiger partial charge on any atom is -0.343 e. The van der Waals surface area contributed by atoms with E-state index in [-0.39, 0.29) is 17.9 Å². The van der Waals surface area contributed by atoms with Crippen molar-refractivity contribution in [3.05, 3.63) is 17.1 Å². The molecule has 0 unspecified atom stereocenters. The van der Waals surface area contributed by atoms with Crippen LogP contribution in [0.2, 0.25) is 0 Å². The summed E-state index contributed by atoms with van der Waals surface area (Å²) >= 11 is 0. The number of amides is 2. The molecule has 31 heavy (non-hydrogen) atoms. The number of fused-ring (bicyclic) bond motifs is 1. The van der Waals surface area contributed by atoms with Crippen LogP contribution in [0.15, 0.2) is 0 Å². The molecular formula is C24H37N5O2. The number of hydrogen-bond donors (Lipinski definition) is 0. The third-order valence-corrected chi connectivity index (χ3v) is 7.26. The quantitative estimate of drug-likeness (QED) is 0.721. The molecule has 0 aromatic carbocycles. The maximum atomic E-state index is 12.7. The van der Waals surface area contributed by atoms with Gasteiger partial charge in [-0.3, -0.25) is 19.4 Å². The van der Waals surface area contributed by atoms with Crippen LogP contribution in [0.3, 0.4) is 0 Å². The lowest BCUT2D eigenvalue weighted by Gasteiger charge is -2.39. The SMILES string of the molecule is CC(=O)N1CCC(N2CCC[C@@H]2c2nc(C)c3c(n2)N(CCC(C)C)C(=O)CC3)CC1. The van der Waals surface area contributed by atoms with Crippen molar-refractivity contribution >= 4 is 17.6 Å². The van der Waals surface area contributed by atoms with E-state index in [1.54, 1.807) is 6.92 Å². The Kier molecular flexibility index (Phi) is 6.60. The summed E-state index contributed by atoms with van der Waals surface area (Å²) in [6.45, 7) is 11.6. The van der Waals surface area contributed by atoms with E-state index in [0.29, 0.717) is 18.4 Å². The average Bonchev–Trinajstić information content (AvgIpc) is 3.22. The normalized spacial score (nSPS) is 23.0. The van der Waals surface area contributed by atoms with Gasteiger partial charge < -0.3 is 4.90 Å². The van der Waals surface area contributed by atoms with Crippen LogP contribution in [-0.4, -0.2) is 63.8 Å². The van der Waals surface area contributed by atoms with Crippen LogP contribution in [0.25, 0.3) is 0 Å². The van der Waals surface area contributed by atoms with Crippen LogP contribution in [0, 0.1) is 12.8 Å². The fourth-order valence-corrected chi connectivity index (χ4v) is 5.39. The standard InChI is InChI=1S/C24H37N5O2/c1-16(2)9-15-29-22(31)8-7-20-17(3)25-23(26-24(20)29)21-6-5-12-28(21)19-10-13-27(14-11-19)18(4)30/h16,19,21H,5-15H2,1-4H3/t21-/m1/s1. The van der Waals surface area contributed by atoms with E-state index in [9.17, 15) is 9.59 Å². The van der Waals surface area contributed by atoms with Crippen molar-refractivity contribution in [1.29, 1.82) is 0 Å². The maximum Gasteiger partial charge on any atom is 0.228 e. The van der Waals surface area contributed by atoms with Crippen LogP contribution >= 0.6 is 0 Å². The summed E-state index contributed by atoms with van der Waals surface area (Å²) in [7, 11) is 0. The van der Waals surface area contributed by atoms with E-state index >= 15 is 0 Å². The number of anilines is 1. The summed E-state index contributed by atoms with van der Waals surface area (Å²) in [5.41, 5.74) is 2.17. The molecule has 0 spiro atoms. The highest BCUT2D eigenvalue weighted by molar-refractivity contribution is 5.95. The highest BCUT2D eigenvalue weighted by Crippen LogP contribution is 2.37. The molecule has 2 fully saturated rings. The summed E-state index contributed by atoms with van der Waals surface area (Å²) < 4.78 is 0. The van der Waals surface area contributed by atoms with Crippen LogP contribution in [0.5, 0.6) is 0 Å². The van der Waals surface area contributed by atoms with Crippen molar-refractivity contribution in [2.24, 2.45) is 5.92 Å². The van der Waals surface area contributed by atoms with Gasteiger partial charge in [-0.25, -0.2) is 9.97 Å². The third-order valence-electron chi connectivity index (χ3n) is 7.26. The molecule has 2 amide bonds. The first-order valence-corrected chi connectivity index (χ1v) is 12.0. The van der Waals surface area contributed by atoms with Crippen molar-refractivity contribution in [2.75, 3.05) is 31.1 Å². The first-order chi connectivity index (χ1) is 14.8. The van der Waals surface area contributed by atoms with E-state index in [4.69, 9.17) is 9.97 Å². The maximum absolute atomic E-state index is 12.7. The number of rotatable bonds is 5. The molecule has 1 aromatic rings. The summed E-state index contributed by atoms with van der Waals surface area (Å²) in [6, 6.07) is 0.684. The summed E-state index contributed by atoms with van der Waals surface area (Å²) in [5.74, 6) is 2.66. The lowest BCUT2D eigenvalue weighted by molar-refractivity contribution is -0.130. The summed E-state index contributed by atoms with van der Waals surface area (Å²) in [5, 5.41) is 0. The van der Waals surface area contributed by atoms with Crippen LogP contribution in [0.1, 0.15) is 82.4 Å². The molecule has 170 valence electrons. The number of carbonyl (C=O) groups excluding carboxylic acids is 2. The molecule has 4 heterocycles. The molecule has 0 saturated carbocycles. The summed E-state index contributed by atoms with van der Waals surface area (Å²) in [6.07, 6.45) is 6.51. The second-order valence-corrected chi connectivity index (χ2v) is 9.83. The zero-order valence-electron chi connectivity index (χ0n) is 19.6. The van der Waals surface area contributed by atoms with Gasteiger partial charge in [0.2, 0.25) is 11.8 Å². The van der Waals surface area contributed by atoms with Gasteiger partial charge in [0.25, 0.3) is 0 Å². The van der Waals surface area contributed by atoms with Crippen molar-refractivity contribution in [2.45, 2.75) is 84.7 Å². The zero-order chi connectivity index (χ0) is 22.1. The third kappa shape index (κ3) is 4.61. The molecule has 2 saturated heterocycles. The number of carbonyl (C=O) groups is 2. The van der Waals surface area contributed by atoms with Gasteiger partial charge in [-0.1, -0.05) is 13.8 Å². The molecule has 7 nitrogen and oxygen atoms in total. The minimum absolute atomic E-state index is 0.177. The van der Waals surface area contributed by atoms with Crippen LogP contribution in [-0.2, 0) is 16.0 Å². The number of aromatic nitrogens is 2. The molecule has 4 rings (SSSR count). The van der Waals surface area contributed by atoms with Gasteiger partial charge in [0.15, 0.2) is 0 Å². The van der Waals surface area contributed by atoms with E-state index in [2.05, 4.69) is 25.7 Å². The minimum atomic E-state index is 0.177. The summed E-state index contributed by atoms with van der Waals surface area (Å²) in [4.78, 5) is 40.9. The molecule has 7 heteroatoms. The lowest BCUT2D eigenvalue weighted by Crippen LogP contribution is -2.46. The van der Waals surface area contributed by atoms with E-state index in [1.807, 2.05) is 9.80 Å². The number of likely N-dealkylation sites (tertiary alicyclic amines) is 2. The molecule has 3 aliphatic rings. The number of nitrogens with zero attached hydrogens (tertiary/aromatic N) is 5. The second kappa shape index (κ2) is 9.23. The van der Waals surface area contributed by atoms with Gasteiger partial charge in [0, 0.05) is 50.3 Å². The first-order valence-electron chi connectivity index (χ1n) is 12.0. The molecular weight excluding hydrogens is 390 g/mol. The lowest BCUT2D eigenvalue weighted by atomic mass is 10.0. The molecule has 1 atom stereocenters. The number of piperidine rings is 1. The Balaban J connectivity index is 1.57. The van der Waals surface area contributed by atoms with E-state index in [1.165, 1.54) is 0 Å². The predicted molar refractivity (Wildman–Crippen MR) is 121 cm³/mol. The van der Waals surface area contributed by atoms with Gasteiger partial charge in [-0.15, -0.1) is 0 Å². The molecule has 0 aliphatic carbocycles. The smallest absolute Gasteiger partial charge is 0.228 e. The van der Waals surface area contributed by atoms with E-state index in [0.717, 1.165) is 87.6 Å². The molecule has 0 bridgehead atoms. The predicted octanol–water partition coefficient (Wildman–Crippen LogP) is 3.26. The highest BCUT2D eigenvalue weighted by atomic mass is 16.2. The fraction of sp³-hybridized carbons (Fsp3) is 0.750. The second-order valence-electron chi connectivity index (χ2n) is 9.83. The van der Waals surface area contributed by atoms with Gasteiger partial charge in [0.05, 0.1) is 6.04 Å². The zero-order valence-corrected chi connectivity index (χ0v) is 19.6. The molecule has 0 N–H and O–H groups in total. The molecule has 3 aliphatic heterocycles. The first kappa shape index (κ1) is 22.2. The Hall–Kier alpha value is -2.02. The van der Waals surface area contributed by atoms with Crippen molar-refractivity contribution < 1.29 is 9.59 Å². The van der Waals surface area contributed by atoms with Gasteiger partial charge >= 0.3 is 0 Å². The van der Waals surface area contributed by atoms with E-state index < -0.39 is 0 Å². The largest absolute Gasteiger partial charge is 0.343 e. The fourth-order valence-electron chi connectivity index (χ4n) is 5.39. The van der Waals surface area contributed by atoms with Crippen molar-refractivity contribution in [1.82, 2.24) is 19.8 Å². The topological polar surface area (TPSA) is 69.6 Å². The van der Waals surface area contributed by atoms with Gasteiger partial charge in [-0.05, 0) is 57.9 Å². The molecule has 1 aromatic heterocycles. The molecule has 0 radical (unpaired) electrons. The number of aryl methyl sites for hydroxylation is 1. The highest BCUT2D eigenvalue weighted by Gasteiger charge is 2.37. The average molecular weight is 428 g/mol. The Morgan fingerprint density at radius 3 is 2.52 bits per heavy atom. The Morgan fingerprint density at radius 1 is 1.10 bits per heavy atom. The Labute approximate surface area is 186 Å². The van der Waals surface area contributed by atoms with Crippen LogP contribution in [0.4, 0.5) is 5.82 Å². The van der Waals surface area contributed by atoms with Crippen LogP contribution < -0.4 is 4.90 Å². The number of hydrogen-bond acceptors (Lipinski definition) is 5. The van der Waals surface area contributed by atoms with Gasteiger partial charge in [-0.2, -0.15) is 0 Å². The Bertz CT molecular complexity index is 832. The van der Waals surface area contributed by atoms with Crippen molar-refractivity contribution in [3.8, 4) is 0 Å². The monoisotopic (exact) mass is 427 g/mol. The van der Waals surface area contributed by atoms with Crippen molar-refractivity contribution in [3.63, 3.8) is 0 Å².